The third-order valence-electron chi connectivity index (χ3n) is 5.36. The number of nitrogens with one attached hydrogen (secondary N) is 2. The van der Waals surface area contributed by atoms with Gasteiger partial charge >= 0.3 is 6.03 Å². The van der Waals surface area contributed by atoms with Gasteiger partial charge in [-0.1, -0.05) is 61.8 Å². The van der Waals surface area contributed by atoms with Gasteiger partial charge in [-0.15, -0.1) is 0 Å². The molecule has 1 aliphatic rings. The number of rotatable bonds is 7. The molecule has 30 heavy (non-hydrogen) atoms. The van der Waals surface area contributed by atoms with Crippen molar-refractivity contribution in [2.24, 2.45) is 0 Å². The first-order valence-electron chi connectivity index (χ1n) is 9.96. The maximum Gasteiger partial charge on any atom is 0.325 e. The Morgan fingerprint density at radius 1 is 1.17 bits per heavy atom. The molecule has 158 valence electrons. The second-order valence-corrected chi connectivity index (χ2v) is 8.39. The van der Waals surface area contributed by atoms with Gasteiger partial charge in [-0.3, -0.25) is 14.5 Å². The maximum atomic E-state index is 13.0. The van der Waals surface area contributed by atoms with Crippen LogP contribution in [0, 0.1) is 0 Å². The second-order valence-electron chi connectivity index (χ2n) is 7.95. The molecule has 4 amide bonds. The summed E-state index contributed by atoms with van der Waals surface area (Å²) in [6.07, 6.45) is 0.604. The van der Waals surface area contributed by atoms with Crippen molar-refractivity contribution in [3.63, 3.8) is 0 Å². The van der Waals surface area contributed by atoms with E-state index >= 15 is 0 Å². The number of carbonyl (C=O) groups is 3. The van der Waals surface area contributed by atoms with E-state index in [2.05, 4.69) is 24.5 Å². The lowest BCUT2D eigenvalue weighted by atomic mass is 9.90. The monoisotopic (exact) mass is 427 g/mol. The molecule has 6 nitrogen and oxygen atoms in total. The van der Waals surface area contributed by atoms with Crippen LogP contribution in [0.25, 0.3) is 0 Å². The van der Waals surface area contributed by atoms with E-state index in [-0.39, 0.29) is 12.5 Å². The topological polar surface area (TPSA) is 78.5 Å². The van der Waals surface area contributed by atoms with Gasteiger partial charge in [0.1, 0.15) is 12.1 Å². The minimum absolute atomic E-state index is 0.320. The molecule has 0 saturated carbocycles. The van der Waals surface area contributed by atoms with E-state index in [0.29, 0.717) is 29.5 Å². The van der Waals surface area contributed by atoms with Crippen LogP contribution in [0.2, 0.25) is 5.02 Å². The van der Waals surface area contributed by atoms with E-state index in [4.69, 9.17) is 11.6 Å². The molecule has 2 N–H and O–H groups in total. The zero-order valence-corrected chi connectivity index (χ0v) is 18.1. The van der Waals surface area contributed by atoms with E-state index < -0.39 is 17.5 Å². The third-order valence-corrected chi connectivity index (χ3v) is 5.59. The number of urea groups is 1. The minimum Gasteiger partial charge on any atom is -0.354 e. The Balaban J connectivity index is 1.60. The fourth-order valence-electron chi connectivity index (χ4n) is 3.48. The highest BCUT2D eigenvalue weighted by Gasteiger charge is 2.49. The Morgan fingerprint density at radius 2 is 1.87 bits per heavy atom. The lowest BCUT2D eigenvalue weighted by molar-refractivity contribution is -0.134. The Morgan fingerprint density at radius 3 is 2.50 bits per heavy atom. The average Bonchev–Trinajstić information content (AvgIpc) is 2.92. The number of imide groups is 1. The summed E-state index contributed by atoms with van der Waals surface area (Å²) < 4.78 is 0. The summed E-state index contributed by atoms with van der Waals surface area (Å²) in [6, 6.07) is 14.4. The summed E-state index contributed by atoms with van der Waals surface area (Å²) in [5, 5.41) is 6.12. The number of amides is 4. The highest BCUT2D eigenvalue weighted by atomic mass is 35.5. The molecule has 1 unspecified atom stereocenters. The summed E-state index contributed by atoms with van der Waals surface area (Å²) in [5.41, 5.74) is 1.65. The first-order valence-corrected chi connectivity index (χ1v) is 10.3. The molecular formula is C23H26ClN3O3. The van der Waals surface area contributed by atoms with E-state index in [0.717, 1.165) is 16.0 Å². The van der Waals surface area contributed by atoms with Gasteiger partial charge in [0, 0.05) is 11.6 Å². The zero-order chi connectivity index (χ0) is 21.9. The third kappa shape index (κ3) is 4.65. The molecule has 0 radical (unpaired) electrons. The molecule has 2 aromatic carbocycles. The van der Waals surface area contributed by atoms with Crippen LogP contribution >= 0.6 is 11.6 Å². The molecule has 1 aliphatic heterocycles. The van der Waals surface area contributed by atoms with Crippen LogP contribution in [0.3, 0.4) is 0 Å². The van der Waals surface area contributed by atoms with Gasteiger partial charge < -0.3 is 10.6 Å². The van der Waals surface area contributed by atoms with Crippen LogP contribution in [0.5, 0.6) is 0 Å². The standard InChI is InChI=1S/C23H26ClN3O3/c1-15(2)17-7-9-18(10-8-17)23(3)21(29)27(22(30)26-23)14-20(28)25-12-11-16-5-4-6-19(24)13-16/h4-10,13,15H,11-12,14H2,1-3H3,(H,25,28)(H,26,30). The molecule has 3 rings (SSSR count). The fraction of sp³-hybridized carbons (Fsp3) is 0.348. The van der Waals surface area contributed by atoms with Gasteiger partial charge in [0.25, 0.3) is 5.91 Å². The first kappa shape index (κ1) is 21.8. The number of carbonyl (C=O) groups excluding carboxylic acids is 3. The van der Waals surface area contributed by atoms with Gasteiger partial charge in [-0.05, 0) is 48.1 Å². The molecule has 1 saturated heterocycles. The van der Waals surface area contributed by atoms with Crippen LogP contribution in [-0.4, -0.2) is 35.8 Å². The van der Waals surface area contributed by atoms with Gasteiger partial charge in [-0.2, -0.15) is 0 Å². The molecule has 0 aromatic heterocycles. The van der Waals surface area contributed by atoms with E-state index in [9.17, 15) is 14.4 Å². The van der Waals surface area contributed by atoms with E-state index in [1.54, 1.807) is 13.0 Å². The van der Waals surface area contributed by atoms with Crippen LogP contribution in [0.1, 0.15) is 43.4 Å². The van der Waals surface area contributed by atoms with Crippen LogP contribution in [-0.2, 0) is 21.5 Å². The predicted molar refractivity (Wildman–Crippen MR) is 116 cm³/mol. The van der Waals surface area contributed by atoms with Crippen LogP contribution < -0.4 is 10.6 Å². The Bertz CT molecular complexity index is 958. The lowest BCUT2D eigenvalue weighted by Crippen LogP contribution is -2.43. The number of hydrogen-bond donors (Lipinski definition) is 2. The van der Waals surface area contributed by atoms with Crippen molar-refractivity contribution in [3.8, 4) is 0 Å². The molecule has 7 heteroatoms. The SMILES string of the molecule is CC(C)c1ccc(C2(C)NC(=O)N(CC(=O)NCCc3cccc(Cl)c3)C2=O)cc1. The van der Waals surface area contributed by atoms with Gasteiger partial charge in [-0.25, -0.2) is 4.79 Å². The summed E-state index contributed by atoms with van der Waals surface area (Å²) in [6.45, 7) is 5.91. The highest BCUT2D eigenvalue weighted by Crippen LogP contribution is 2.29. The van der Waals surface area contributed by atoms with Crippen molar-refractivity contribution in [3.05, 3.63) is 70.2 Å². The largest absolute Gasteiger partial charge is 0.354 e. The number of halogens is 1. The quantitative estimate of drug-likeness (QED) is 0.663. The highest BCUT2D eigenvalue weighted by molar-refractivity contribution is 6.30. The molecule has 1 heterocycles. The van der Waals surface area contributed by atoms with Crippen molar-refractivity contribution in [1.82, 2.24) is 15.5 Å². The molecule has 0 bridgehead atoms. The second kappa shape index (κ2) is 8.88. The van der Waals surface area contributed by atoms with Crippen LogP contribution in [0.4, 0.5) is 4.79 Å². The van der Waals surface area contributed by atoms with Crippen molar-refractivity contribution < 1.29 is 14.4 Å². The summed E-state index contributed by atoms with van der Waals surface area (Å²) >= 11 is 5.96. The van der Waals surface area contributed by atoms with Crippen molar-refractivity contribution >= 4 is 29.4 Å². The normalized spacial score (nSPS) is 18.6. The fourth-order valence-corrected chi connectivity index (χ4v) is 3.69. The van der Waals surface area contributed by atoms with Gasteiger partial charge in [0.05, 0.1) is 0 Å². The molecule has 2 aromatic rings. The number of benzene rings is 2. The van der Waals surface area contributed by atoms with E-state index in [1.165, 1.54) is 0 Å². The molecular weight excluding hydrogens is 402 g/mol. The molecule has 0 aliphatic carbocycles. The Hall–Kier alpha value is -2.86. The molecule has 1 fully saturated rings. The van der Waals surface area contributed by atoms with Crippen molar-refractivity contribution in [2.75, 3.05) is 13.1 Å². The van der Waals surface area contributed by atoms with Crippen molar-refractivity contribution in [1.29, 1.82) is 0 Å². The average molecular weight is 428 g/mol. The summed E-state index contributed by atoms with van der Waals surface area (Å²) in [7, 11) is 0. The van der Waals surface area contributed by atoms with Gasteiger partial charge in [0.2, 0.25) is 5.91 Å². The molecule has 0 spiro atoms. The lowest BCUT2D eigenvalue weighted by Gasteiger charge is -2.22. The summed E-state index contributed by atoms with van der Waals surface area (Å²) in [4.78, 5) is 38.7. The summed E-state index contributed by atoms with van der Waals surface area (Å²) in [5.74, 6) is -0.456. The number of hydrogen-bond acceptors (Lipinski definition) is 3. The Labute approximate surface area is 181 Å². The van der Waals surface area contributed by atoms with Crippen LogP contribution in [0.15, 0.2) is 48.5 Å². The van der Waals surface area contributed by atoms with Crippen molar-refractivity contribution in [2.45, 2.75) is 38.6 Å². The van der Waals surface area contributed by atoms with E-state index in [1.807, 2.05) is 42.5 Å². The smallest absolute Gasteiger partial charge is 0.325 e. The molecule has 1 atom stereocenters. The Kier molecular flexibility index (Phi) is 6.46. The minimum atomic E-state index is -1.19. The first-order chi connectivity index (χ1) is 14.2. The predicted octanol–water partition coefficient (Wildman–Crippen LogP) is 3.59. The zero-order valence-electron chi connectivity index (χ0n) is 17.4. The van der Waals surface area contributed by atoms with Gasteiger partial charge in [0.15, 0.2) is 0 Å². The maximum absolute atomic E-state index is 13.0. The number of nitrogens with zero attached hydrogens (tertiary/aromatic N) is 1.